The first kappa shape index (κ1) is 18.9. The van der Waals surface area contributed by atoms with E-state index in [1.165, 1.54) is 0 Å². The second-order valence-corrected chi connectivity index (χ2v) is 8.32. The highest BCUT2D eigenvalue weighted by atomic mass is 16.5. The van der Waals surface area contributed by atoms with E-state index in [1.807, 2.05) is 30.6 Å². The van der Waals surface area contributed by atoms with Gasteiger partial charge in [-0.2, -0.15) is 0 Å². The smallest absolute Gasteiger partial charge is 0.252 e. The largest absolute Gasteiger partial charge is 0.497 e. The van der Waals surface area contributed by atoms with Gasteiger partial charge in [0.2, 0.25) is 0 Å². The molecular weight excluding hydrogens is 352 g/mol. The molecule has 0 saturated carbocycles. The van der Waals surface area contributed by atoms with E-state index in [-0.39, 0.29) is 11.4 Å². The van der Waals surface area contributed by atoms with Gasteiger partial charge in [0.15, 0.2) is 0 Å². The van der Waals surface area contributed by atoms with Crippen LogP contribution in [-0.2, 0) is 13.0 Å². The van der Waals surface area contributed by atoms with Crippen LogP contribution in [0.25, 0.3) is 0 Å². The van der Waals surface area contributed by atoms with Gasteiger partial charge >= 0.3 is 0 Å². The molecule has 1 atom stereocenters. The van der Waals surface area contributed by atoms with E-state index in [0.717, 1.165) is 67.2 Å². The first-order chi connectivity index (χ1) is 13.5. The zero-order valence-electron chi connectivity index (χ0n) is 16.9. The zero-order chi connectivity index (χ0) is 19.7. The fraction of sp³-hybridized carbons (Fsp3) is 0.500. The molecule has 1 unspecified atom stereocenters. The van der Waals surface area contributed by atoms with E-state index >= 15 is 0 Å². The van der Waals surface area contributed by atoms with Crippen molar-refractivity contribution >= 4 is 5.91 Å². The van der Waals surface area contributed by atoms with E-state index < -0.39 is 0 Å². The Balaban J connectivity index is 1.45. The SMILES string of the molecule is COc1ccc2c(c1)C(=O)NC1(CC2)CCN(Cc2cnc(C(C)C)nc2)C1. The number of aromatic nitrogens is 2. The van der Waals surface area contributed by atoms with Gasteiger partial charge in [-0.3, -0.25) is 9.69 Å². The van der Waals surface area contributed by atoms with Crippen LogP contribution >= 0.6 is 0 Å². The maximum absolute atomic E-state index is 12.9. The number of ether oxygens (including phenoxy) is 1. The van der Waals surface area contributed by atoms with Crippen LogP contribution in [0.5, 0.6) is 5.75 Å². The maximum atomic E-state index is 12.9. The number of rotatable bonds is 4. The van der Waals surface area contributed by atoms with Crippen LogP contribution in [-0.4, -0.2) is 46.5 Å². The van der Waals surface area contributed by atoms with Crippen molar-refractivity contribution in [3.05, 3.63) is 53.1 Å². The molecule has 0 radical (unpaired) electrons. The van der Waals surface area contributed by atoms with Crippen LogP contribution in [0.1, 0.15) is 59.9 Å². The van der Waals surface area contributed by atoms with E-state index in [0.29, 0.717) is 5.92 Å². The molecule has 2 aromatic rings. The summed E-state index contributed by atoms with van der Waals surface area (Å²) in [5.41, 5.74) is 2.80. The number of hydrogen-bond donors (Lipinski definition) is 1. The van der Waals surface area contributed by atoms with Crippen molar-refractivity contribution < 1.29 is 9.53 Å². The van der Waals surface area contributed by atoms with Gasteiger partial charge in [-0.25, -0.2) is 9.97 Å². The minimum atomic E-state index is -0.165. The molecule has 148 valence electrons. The summed E-state index contributed by atoms with van der Waals surface area (Å²) in [5, 5.41) is 3.33. The molecule has 0 aliphatic carbocycles. The highest BCUT2D eigenvalue weighted by molar-refractivity contribution is 5.97. The number of benzene rings is 1. The van der Waals surface area contributed by atoms with Crippen molar-refractivity contribution in [2.75, 3.05) is 20.2 Å². The van der Waals surface area contributed by atoms with Gasteiger partial charge < -0.3 is 10.1 Å². The van der Waals surface area contributed by atoms with Crippen LogP contribution in [0.3, 0.4) is 0 Å². The average molecular weight is 380 g/mol. The molecule has 1 saturated heterocycles. The molecule has 2 aliphatic rings. The minimum Gasteiger partial charge on any atom is -0.497 e. The Bertz CT molecular complexity index is 865. The van der Waals surface area contributed by atoms with Crippen molar-refractivity contribution in [3.63, 3.8) is 0 Å². The van der Waals surface area contributed by atoms with Crippen molar-refractivity contribution in [1.82, 2.24) is 20.2 Å². The van der Waals surface area contributed by atoms with Crippen molar-refractivity contribution in [2.45, 2.75) is 51.1 Å². The van der Waals surface area contributed by atoms with Gasteiger partial charge in [0, 0.05) is 49.1 Å². The van der Waals surface area contributed by atoms with Gasteiger partial charge in [-0.05, 0) is 37.0 Å². The Labute approximate surface area is 166 Å². The molecule has 4 rings (SSSR count). The lowest BCUT2D eigenvalue weighted by Crippen LogP contribution is -2.49. The molecule has 1 amide bonds. The molecule has 6 heteroatoms. The van der Waals surface area contributed by atoms with Gasteiger partial charge in [-0.1, -0.05) is 19.9 Å². The molecule has 1 N–H and O–H groups in total. The number of amides is 1. The molecule has 1 aromatic heterocycles. The Kier molecular flexibility index (Phi) is 5.06. The van der Waals surface area contributed by atoms with Gasteiger partial charge in [0.1, 0.15) is 11.6 Å². The quantitative estimate of drug-likeness (QED) is 0.883. The fourth-order valence-electron chi connectivity index (χ4n) is 4.26. The van der Waals surface area contributed by atoms with Crippen LogP contribution in [0.2, 0.25) is 0 Å². The van der Waals surface area contributed by atoms with Crippen molar-refractivity contribution in [2.24, 2.45) is 0 Å². The van der Waals surface area contributed by atoms with Crippen LogP contribution < -0.4 is 10.1 Å². The number of aryl methyl sites for hydroxylation is 1. The van der Waals surface area contributed by atoms with Crippen molar-refractivity contribution in [3.8, 4) is 5.75 Å². The van der Waals surface area contributed by atoms with E-state index in [9.17, 15) is 4.79 Å². The molecular formula is C22H28N4O2. The lowest BCUT2D eigenvalue weighted by molar-refractivity contribution is 0.0901. The number of carbonyl (C=O) groups is 1. The molecule has 3 heterocycles. The van der Waals surface area contributed by atoms with Crippen molar-refractivity contribution in [1.29, 1.82) is 0 Å². The summed E-state index contributed by atoms with van der Waals surface area (Å²) in [6.45, 7) is 6.83. The third-order valence-electron chi connectivity index (χ3n) is 5.89. The lowest BCUT2D eigenvalue weighted by Gasteiger charge is -2.29. The third-order valence-corrected chi connectivity index (χ3v) is 5.89. The Morgan fingerprint density at radius 1 is 1.25 bits per heavy atom. The van der Waals surface area contributed by atoms with E-state index in [2.05, 4.69) is 34.0 Å². The van der Waals surface area contributed by atoms with Crippen LogP contribution in [0, 0.1) is 0 Å². The Morgan fingerprint density at radius 3 is 2.75 bits per heavy atom. The number of carbonyl (C=O) groups excluding carboxylic acids is 1. The summed E-state index contributed by atoms with van der Waals surface area (Å²) in [6, 6.07) is 5.81. The zero-order valence-corrected chi connectivity index (χ0v) is 16.9. The molecule has 1 spiro atoms. The fourth-order valence-corrected chi connectivity index (χ4v) is 4.26. The molecule has 28 heavy (non-hydrogen) atoms. The summed E-state index contributed by atoms with van der Waals surface area (Å²) < 4.78 is 5.29. The number of likely N-dealkylation sites (tertiary alicyclic amines) is 1. The second kappa shape index (κ2) is 7.51. The molecule has 1 fully saturated rings. The molecule has 6 nitrogen and oxygen atoms in total. The standard InChI is InChI=1S/C22H28N4O2/c1-15(2)20-23-11-16(12-24-20)13-26-9-8-22(14-26)7-6-17-4-5-18(28-3)10-19(17)21(27)25-22/h4-5,10-12,15H,6-9,13-14H2,1-3H3,(H,25,27). The first-order valence-electron chi connectivity index (χ1n) is 10.0. The lowest BCUT2D eigenvalue weighted by atomic mass is 9.91. The summed E-state index contributed by atoms with van der Waals surface area (Å²) in [5.74, 6) is 1.96. The number of methoxy groups -OCH3 is 1. The number of hydrogen-bond acceptors (Lipinski definition) is 5. The monoisotopic (exact) mass is 380 g/mol. The molecule has 1 aromatic carbocycles. The normalized spacial score (nSPS) is 22.2. The van der Waals surface area contributed by atoms with E-state index in [1.54, 1.807) is 7.11 Å². The Morgan fingerprint density at radius 2 is 2.04 bits per heavy atom. The topological polar surface area (TPSA) is 67.3 Å². The van der Waals surface area contributed by atoms with Crippen LogP contribution in [0.15, 0.2) is 30.6 Å². The average Bonchev–Trinajstić information content (AvgIpc) is 3.02. The number of nitrogens with one attached hydrogen (secondary N) is 1. The van der Waals surface area contributed by atoms with Gasteiger partial charge in [-0.15, -0.1) is 0 Å². The summed E-state index contributed by atoms with van der Waals surface area (Å²) in [6.07, 6.45) is 6.69. The maximum Gasteiger partial charge on any atom is 0.252 e. The number of nitrogens with zero attached hydrogens (tertiary/aromatic N) is 3. The molecule has 2 aliphatic heterocycles. The third kappa shape index (κ3) is 3.74. The highest BCUT2D eigenvalue weighted by Gasteiger charge is 2.41. The summed E-state index contributed by atoms with van der Waals surface area (Å²) in [7, 11) is 1.63. The minimum absolute atomic E-state index is 0.0119. The van der Waals surface area contributed by atoms with Crippen LogP contribution in [0.4, 0.5) is 0 Å². The Hall–Kier alpha value is -2.47. The van der Waals surface area contributed by atoms with Gasteiger partial charge in [0.05, 0.1) is 12.6 Å². The highest BCUT2D eigenvalue weighted by Crippen LogP contribution is 2.32. The second-order valence-electron chi connectivity index (χ2n) is 8.32. The predicted octanol–water partition coefficient (Wildman–Crippen LogP) is 2.93. The van der Waals surface area contributed by atoms with Gasteiger partial charge in [0.25, 0.3) is 5.91 Å². The summed E-state index contributed by atoms with van der Waals surface area (Å²) >= 11 is 0. The number of fused-ring (bicyclic) bond motifs is 1. The summed E-state index contributed by atoms with van der Waals surface area (Å²) in [4.78, 5) is 24.2. The first-order valence-corrected chi connectivity index (χ1v) is 10.0. The predicted molar refractivity (Wildman–Crippen MR) is 108 cm³/mol. The van der Waals surface area contributed by atoms with E-state index in [4.69, 9.17) is 4.74 Å². The molecule has 0 bridgehead atoms.